The molecule has 0 saturated carbocycles. The normalized spacial score (nSPS) is 13.8. The van der Waals surface area contributed by atoms with Crippen LogP contribution < -0.4 is 5.32 Å². The van der Waals surface area contributed by atoms with E-state index in [2.05, 4.69) is 10.4 Å². The van der Waals surface area contributed by atoms with Gasteiger partial charge in [-0.05, 0) is 26.5 Å². The standard InChI is InChI=1S/C15H20F3N3/c1-3-21-14-7-5-4-6-12(14)13(20-21)10-11(19-2)8-9-15(16,17)18/h4-7,11,19H,3,8-10H2,1-2H3. The Hall–Kier alpha value is -1.56. The van der Waals surface area contributed by atoms with Crippen molar-refractivity contribution < 1.29 is 13.2 Å². The Morgan fingerprint density at radius 1 is 1.29 bits per heavy atom. The maximum Gasteiger partial charge on any atom is 0.389 e. The number of halogens is 3. The van der Waals surface area contributed by atoms with Gasteiger partial charge in [-0.15, -0.1) is 0 Å². The van der Waals surface area contributed by atoms with Crippen molar-refractivity contribution in [2.45, 2.75) is 44.9 Å². The highest BCUT2D eigenvalue weighted by atomic mass is 19.4. The number of likely N-dealkylation sites (N-methyl/N-ethyl adjacent to an activating group) is 1. The molecule has 21 heavy (non-hydrogen) atoms. The second-order valence-corrected chi connectivity index (χ2v) is 5.12. The minimum Gasteiger partial charge on any atom is -0.317 e. The SMILES string of the molecule is CCn1nc(CC(CCC(F)(F)F)NC)c2ccccc21. The first-order valence-corrected chi connectivity index (χ1v) is 7.13. The zero-order valence-corrected chi connectivity index (χ0v) is 12.2. The molecule has 0 bridgehead atoms. The summed E-state index contributed by atoms with van der Waals surface area (Å²) in [6.07, 6.45) is -4.32. The van der Waals surface area contributed by atoms with Gasteiger partial charge in [-0.1, -0.05) is 18.2 Å². The summed E-state index contributed by atoms with van der Waals surface area (Å²) in [6.45, 7) is 2.75. The molecule has 1 aromatic heterocycles. The van der Waals surface area contributed by atoms with Crippen molar-refractivity contribution in [3.05, 3.63) is 30.0 Å². The zero-order valence-electron chi connectivity index (χ0n) is 12.2. The second kappa shape index (κ2) is 6.47. The topological polar surface area (TPSA) is 29.9 Å². The van der Waals surface area contributed by atoms with Gasteiger partial charge < -0.3 is 5.32 Å². The van der Waals surface area contributed by atoms with Crippen LogP contribution in [0.3, 0.4) is 0 Å². The third kappa shape index (κ3) is 3.97. The Kier molecular flexibility index (Phi) is 4.88. The highest BCUT2D eigenvalue weighted by Gasteiger charge is 2.28. The van der Waals surface area contributed by atoms with E-state index in [-0.39, 0.29) is 12.5 Å². The number of nitrogens with zero attached hydrogens (tertiary/aromatic N) is 2. The molecule has 2 aromatic rings. The van der Waals surface area contributed by atoms with Crippen LogP contribution in [0.4, 0.5) is 13.2 Å². The van der Waals surface area contributed by atoms with Crippen LogP contribution in [0.25, 0.3) is 10.9 Å². The molecule has 0 fully saturated rings. The van der Waals surface area contributed by atoms with Crippen LogP contribution in [0, 0.1) is 0 Å². The Labute approximate surface area is 122 Å². The number of aromatic nitrogens is 2. The van der Waals surface area contributed by atoms with E-state index < -0.39 is 12.6 Å². The van der Waals surface area contributed by atoms with Gasteiger partial charge in [0.1, 0.15) is 0 Å². The van der Waals surface area contributed by atoms with E-state index in [9.17, 15) is 13.2 Å². The number of aryl methyl sites for hydroxylation is 1. The predicted octanol–water partition coefficient (Wildman–Crippen LogP) is 3.53. The molecular formula is C15H20F3N3. The van der Waals surface area contributed by atoms with Gasteiger partial charge in [0.2, 0.25) is 0 Å². The second-order valence-electron chi connectivity index (χ2n) is 5.12. The minimum absolute atomic E-state index is 0.0628. The van der Waals surface area contributed by atoms with E-state index >= 15 is 0 Å². The molecule has 1 atom stereocenters. The van der Waals surface area contributed by atoms with Gasteiger partial charge in [0.15, 0.2) is 0 Å². The predicted molar refractivity (Wildman–Crippen MR) is 77.2 cm³/mol. The quantitative estimate of drug-likeness (QED) is 0.884. The van der Waals surface area contributed by atoms with E-state index in [4.69, 9.17) is 0 Å². The maximum atomic E-state index is 12.4. The summed E-state index contributed by atoms with van der Waals surface area (Å²) in [5.41, 5.74) is 1.88. The third-order valence-electron chi connectivity index (χ3n) is 3.66. The average molecular weight is 299 g/mol. The molecule has 1 unspecified atom stereocenters. The van der Waals surface area contributed by atoms with Crippen LogP contribution in [0.5, 0.6) is 0 Å². The van der Waals surface area contributed by atoms with Crippen molar-refractivity contribution in [3.63, 3.8) is 0 Å². The van der Waals surface area contributed by atoms with Gasteiger partial charge in [0.25, 0.3) is 0 Å². The largest absolute Gasteiger partial charge is 0.389 e. The van der Waals surface area contributed by atoms with Crippen molar-refractivity contribution in [2.75, 3.05) is 7.05 Å². The van der Waals surface area contributed by atoms with Crippen molar-refractivity contribution in [3.8, 4) is 0 Å². The number of hydrogen-bond acceptors (Lipinski definition) is 2. The fourth-order valence-corrected chi connectivity index (χ4v) is 2.51. The highest BCUT2D eigenvalue weighted by Crippen LogP contribution is 2.24. The number of alkyl halides is 3. The van der Waals surface area contributed by atoms with Gasteiger partial charge >= 0.3 is 6.18 Å². The zero-order chi connectivity index (χ0) is 15.5. The Morgan fingerprint density at radius 3 is 2.62 bits per heavy atom. The number of para-hydroxylation sites is 1. The Balaban J connectivity index is 2.18. The van der Waals surface area contributed by atoms with E-state index in [1.807, 2.05) is 35.9 Å². The first-order valence-electron chi connectivity index (χ1n) is 7.13. The van der Waals surface area contributed by atoms with Crippen LogP contribution in [-0.4, -0.2) is 29.0 Å². The number of nitrogens with one attached hydrogen (secondary N) is 1. The third-order valence-corrected chi connectivity index (χ3v) is 3.66. The molecule has 0 radical (unpaired) electrons. The molecule has 3 nitrogen and oxygen atoms in total. The maximum absolute atomic E-state index is 12.4. The monoisotopic (exact) mass is 299 g/mol. The molecule has 0 amide bonds. The number of benzene rings is 1. The fourth-order valence-electron chi connectivity index (χ4n) is 2.51. The summed E-state index contributed by atoms with van der Waals surface area (Å²) in [7, 11) is 1.69. The van der Waals surface area contributed by atoms with Crippen LogP contribution in [-0.2, 0) is 13.0 Å². The van der Waals surface area contributed by atoms with Gasteiger partial charge in [0, 0.05) is 30.8 Å². The van der Waals surface area contributed by atoms with Crippen molar-refractivity contribution in [1.82, 2.24) is 15.1 Å². The summed E-state index contributed by atoms with van der Waals surface area (Å²) in [4.78, 5) is 0. The van der Waals surface area contributed by atoms with Gasteiger partial charge in [-0.2, -0.15) is 18.3 Å². The molecule has 0 spiro atoms. The minimum atomic E-state index is -4.11. The van der Waals surface area contributed by atoms with Crippen molar-refractivity contribution >= 4 is 10.9 Å². The Morgan fingerprint density at radius 2 is 2.00 bits per heavy atom. The van der Waals surface area contributed by atoms with Gasteiger partial charge in [0.05, 0.1) is 11.2 Å². The van der Waals surface area contributed by atoms with Crippen LogP contribution in [0.1, 0.15) is 25.5 Å². The van der Waals surface area contributed by atoms with E-state index in [0.717, 1.165) is 23.1 Å². The lowest BCUT2D eigenvalue weighted by atomic mass is 10.0. The number of rotatable bonds is 6. The van der Waals surface area contributed by atoms with E-state index in [0.29, 0.717) is 6.42 Å². The van der Waals surface area contributed by atoms with Crippen molar-refractivity contribution in [2.24, 2.45) is 0 Å². The molecule has 0 aliphatic rings. The smallest absolute Gasteiger partial charge is 0.317 e. The van der Waals surface area contributed by atoms with Crippen LogP contribution in [0.2, 0.25) is 0 Å². The molecule has 0 aliphatic carbocycles. The van der Waals surface area contributed by atoms with Crippen LogP contribution in [0.15, 0.2) is 24.3 Å². The molecule has 0 saturated heterocycles. The fraction of sp³-hybridized carbons (Fsp3) is 0.533. The Bertz CT molecular complexity index is 589. The number of hydrogen-bond donors (Lipinski definition) is 1. The molecule has 1 N–H and O–H groups in total. The van der Waals surface area contributed by atoms with Gasteiger partial charge in [-0.25, -0.2) is 0 Å². The molecule has 1 aromatic carbocycles. The summed E-state index contributed by atoms with van der Waals surface area (Å²) in [6, 6.07) is 7.60. The lowest BCUT2D eigenvalue weighted by Gasteiger charge is -2.16. The highest BCUT2D eigenvalue weighted by molar-refractivity contribution is 5.82. The first kappa shape index (κ1) is 15.8. The molecule has 2 rings (SSSR count). The molecule has 0 aliphatic heterocycles. The average Bonchev–Trinajstić information content (AvgIpc) is 2.80. The summed E-state index contributed by atoms with van der Waals surface area (Å²) in [5, 5.41) is 8.52. The van der Waals surface area contributed by atoms with E-state index in [1.165, 1.54) is 0 Å². The molecule has 116 valence electrons. The first-order chi connectivity index (χ1) is 9.94. The summed E-state index contributed by atoms with van der Waals surface area (Å²) < 4.78 is 39.0. The molecule has 1 heterocycles. The van der Waals surface area contributed by atoms with E-state index in [1.54, 1.807) is 7.05 Å². The molecule has 6 heteroatoms. The lowest BCUT2D eigenvalue weighted by Crippen LogP contribution is -2.29. The summed E-state index contributed by atoms with van der Waals surface area (Å²) >= 11 is 0. The van der Waals surface area contributed by atoms with Crippen molar-refractivity contribution in [1.29, 1.82) is 0 Å². The summed E-state index contributed by atoms with van der Waals surface area (Å²) in [5.74, 6) is 0. The number of fused-ring (bicyclic) bond motifs is 1. The van der Waals surface area contributed by atoms with Crippen LogP contribution >= 0.6 is 0 Å². The lowest BCUT2D eigenvalue weighted by molar-refractivity contribution is -0.136. The molecular weight excluding hydrogens is 279 g/mol. The van der Waals surface area contributed by atoms with Gasteiger partial charge in [-0.3, -0.25) is 4.68 Å².